The molecule has 0 N–H and O–H groups in total. The lowest BCUT2D eigenvalue weighted by Crippen LogP contribution is -2.16. The van der Waals surface area contributed by atoms with Crippen molar-refractivity contribution in [2.45, 2.75) is 12.7 Å². The molecule has 0 amide bonds. The first-order valence-corrected chi connectivity index (χ1v) is 6.27. The van der Waals surface area contributed by atoms with Gasteiger partial charge < -0.3 is 4.90 Å². The Balaban J connectivity index is 2.12. The number of nitriles is 1. The summed E-state index contributed by atoms with van der Waals surface area (Å²) in [5.74, 6) is 0. The van der Waals surface area contributed by atoms with Gasteiger partial charge in [0, 0.05) is 19.3 Å². The highest BCUT2D eigenvalue weighted by Gasteiger charge is 2.29. The molecule has 21 heavy (non-hydrogen) atoms. The molecule has 2 aromatic carbocycles. The van der Waals surface area contributed by atoms with Gasteiger partial charge in [-0.3, -0.25) is 0 Å². The topological polar surface area (TPSA) is 27.0 Å². The van der Waals surface area contributed by atoms with Crippen LogP contribution >= 0.6 is 0 Å². The fraction of sp³-hybridized carbons (Fsp3) is 0.188. The predicted octanol–water partition coefficient (Wildman–Crippen LogP) is 4.21. The van der Waals surface area contributed by atoms with Crippen LogP contribution in [-0.2, 0) is 12.7 Å². The highest BCUT2D eigenvalue weighted by Crippen LogP contribution is 2.29. The molecule has 2 aromatic rings. The quantitative estimate of drug-likeness (QED) is 0.846. The number of benzene rings is 2. The van der Waals surface area contributed by atoms with Crippen molar-refractivity contribution in [2.24, 2.45) is 0 Å². The smallest absolute Gasteiger partial charge is 0.370 e. The second-order valence-corrected chi connectivity index (χ2v) is 4.71. The molecule has 0 unspecified atom stereocenters. The van der Waals surface area contributed by atoms with Crippen LogP contribution in [0.5, 0.6) is 0 Å². The normalized spacial score (nSPS) is 11.0. The summed E-state index contributed by atoms with van der Waals surface area (Å²) in [5, 5.41) is 8.87. The Labute approximate surface area is 121 Å². The van der Waals surface area contributed by atoms with Gasteiger partial charge in [0.1, 0.15) is 0 Å². The van der Waals surface area contributed by atoms with Gasteiger partial charge >= 0.3 is 6.18 Å². The maximum atomic E-state index is 12.5. The van der Waals surface area contributed by atoms with E-state index in [1.807, 2.05) is 18.0 Å². The molecule has 2 nitrogen and oxygen atoms in total. The molecule has 0 aliphatic rings. The second kappa shape index (κ2) is 5.88. The summed E-state index contributed by atoms with van der Waals surface area (Å²) in [6, 6.07) is 14.2. The van der Waals surface area contributed by atoms with Crippen molar-refractivity contribution >= 4 is 5.69 Å². The fourth-order valence-corrected chi connectivity index (χ4v) is 1.98. The summed E-state index contributed by atoms with van der Waals surface area (Å²) in [7, 11) is 1.83. The first-order valence-electron chi connectivity index (χ1n) is 6.27. The van der Waals surface area contributed by atoms with Crippen LogP contribution in [-0.4, -0.2) is 7.05 Å². The Hall–Kier alpha value is -2.48. The summed E-state index contributed by atoms with van der Waals surface area (Å²) in [6.07, 6.45) is -4.31. The van der Waals surface area contributed by atoms with Crippen molar-refractivity contribution in [2.75, 3.05) is 11.9 Å². The maximum Gasteiger partial charge on any atom is 0.416 e. The van der Waals surface area contributed by atoms with Crippen LogP contribution in [0.25, 0.3) is 0 Å². The van der Waals surface area contributed by atoms with Crippen molar-refractivity contribution in [3.63, 3.8) is 0 Å². The summed E-state index contributed by atoms with van der Waals surface area (Å²) in [6.45, 7) is 0.465. The predicted molar refractivity (Wildman–Crippen MR) is 74.7 cm³/mol. The minimum absolute atomic E-state index is 0.465. The molecule has 108 valence electrons. The fourth-order valence-electron chi connectivity index (χ4n) is 1.98. The Morgan fingerprint density at radius 1 is 1.10 bits per heavy atom. The molecule has 0 bridgehead atoms. The Morgan fingerprint density at radius 3 is 2.33 bits per heavy atom. The highest BCUT2D eigenvalue weighted by atomic mass is 19.4. The standard InChI is InChI=1S/C16H13F3N2/c1-21(15-4-2-3-13(9-15)10-20)11-12-5-7-14(8-6-12)16(17,18)19/h2-9H,11H2,1H3. The number of anilines is 1. The molecule has 0 aliphatic carbocycles. The van der Waals surface area contributed by atoms with Gasteiger partial charge in [0.15, 0.2) is 0 Å². The van der Waals surface area contributed by atoms with Gasteiger partial charge in [0.25, 0.3) is 0 Å². The molecule has 0 aliphatic heterocycles. The molecule has 5 heteroatoms. The van der Waals surface area contributed by atoms with E-state index in [2.05, 4.69) is 6.07 Å². The SMILES string of the molecule is CN(Cc1ccc(C(F)(F)F)cc1)c1cccc(C#N)c1. The lowest BCUT2D eigenvalue weighted by molar-refractivity contribution is -0.137. The third kappa shape index (κ3) is 3.76. The Morgan fingerprint density at radius 2 is 1.76 bits per heavy atom. The van der Waals surface area contributed by atoms with Gasteiger partial charge in [-0.2, -0.15) is 18.4 Å². The van der Waals surface area contributed by atoms with Gasteiger partial charge in [-0.1, -0.05) is 18.2 Å². The van der Waals surface area contributed by atoms with Crippen LogP contribution in [0.3, 0.4) is 0 Å². The average Bonchev–Trinajstić information content (AvgIpc) is 2.47. The van der Waals surface area contributed by atoms with Crippen LogP contribution in [0.4, 0.5) is 18.9 Å². The number of alkyl halides is 3. The van der Waals surface area contributed by atoms with Gasteiger partial charge in [0.2, 0.25) is 0 Å². The van der Waals surface area contributed by atoms with Crippen LogP contribution in [0, 0.1) is 11.3 Å². The third-order valence-corrected chi connectivity index (χ3v) is 3.12. The molecular weight excluding hydrogens is 277 g/mol. The zero-order valence-corrected chi connectivity index (χ0v) is 11.4. The molecule has 0 heterocycles. The third-order valence-electron chi connectivity index (χ3n) is 3.12. The monoisotopic (exact) mass is 290 g/mol. The van der Waals surface area contributed by atoms with Crippen molar-refractivity contribution < 1.29 is 13.2 Å². The van der Waals surface area contributed by atoms with Gasteiger partial charge in [-0.05, 0) is 35.9 Å². The molecule has 0 saturated heterocycles. The number of hydrogen-bond acceptors (Lipinski definition) is 2. The van der Waals surface area contributed by atoms with Crippen LogP contribution in [0.2, 0.25) is 0 Å². The van der Waals surface area contributed by atoms with E-state index in [1.165, 1.54) is 12.1 Å². The van der Waals surface area contributed by atoms with Crippen LogP contribution in [0.15, 0.2) is 48.5 Å². The first kappa shape index (κ1) is 14.9. The van der Waals surface area contributed by atoms with Crippen molar-refractivity contribution in [3.05, 3.63) is 65.2 Å². The minimum Gasteiger partial charge on any atom is -0.370 e. The summed E-state index contributed by atoms with van der Waals surface area (Å²) in [5.41, 5.74) is 1.51. The molecular formula is C16H13F3N2. The van der Waals surface area contributed by atoms with Crippen LogP contribution in [0.1, 0.15) is 16.7 Å². The summed E-state index contributed by atoms with van der Waals surface area (Å²) in [4.78, 5) is 1.88. The van der Waals surface area contributed by atoms with Gasteiger partial charge in [0.05, 0.1) is 17.2 Å². The number of hydrogen-bond donors (Lipinski definition) is 0. The molecule has 0 fully saturated rings. The number of rotatable bonds is 3. The molecule has 0 atom stereocenters. The van der Waals surface area contributed by atoms with E-state index in [4.69, 9.17) is 5.26 Å². The van der Waals surface area contributed by atoms with E-state index in [1.54, 1.807) is 18.2 Å². The lowest BCUT2D eigenvalue weighted by atomic mass is 10.1. The largest absolute Gasteiger partial charge is 0.416 e. The molecule has 0 aromatic heterocycles. The number of nitrogens with zero attached hydrogens (tertiary/aromatic N) is 2. The zero-order chi connectivity index (χ0) is 15.5. The molecule has 0 radical (unpaired) electrons. The van der Waals surface area contributed by atoms with Crippen molar-refractivity contribution in [1.82, 2.24) is 0 Å². The van der Waals surface area contributed by atoms with E-state index in [9.17, 15) is 13.2 Å². The van der Waals surface area contributed by atoms with Crippen LogP contribution < -0.4 is 4.90 Å². The van der Waals surface area contributed by atoms with Gasteiger partial charge in [-0.15, -0.1) is 0 Å². The van der Waals surface area contributed by atoms with E-state index in [-0.39, 0.29) is 0 Å². The van der Waals surface area contributed by atoms with E-state index in [0.29, 0.717) is 12.1 Å². The van der Waals surface area contributed by atoms with Crippen molar-refractivity contribution in [1.29, 1.82) is 5.26 Å². The van der Waals surface area contributed by atoms with E-state index >= 15 is 0 Å². The Kier molecular flexibility index (Phi) is 4.18. The first-order chi connectivity index (χ1) is 9.90. The lowest BCUT2D eigenvalue weighted by Gasteiger charge is -2.20. The summed E-state index contributed by atoms with van der Waals surface area (Å²) >= 11 is 0. The Bertz CT molecular complexity index is 654. The summed E-state index contributed by atoms with van der Waals surface area (Å²) < 4.78 is 37.5. The van der Waals surface area contributed by atoms with Gasteiger partial charge in [-0.25, -0.2) is 0 Å². The maximum absolute atomic E-state index is 12.5. The van der Waals surface area contributed by atoms with Crippen molar-refractivity contribution in [3.8, 4) is 6.07 Å². The second-order valence-electron chi connectivity index (χ2n) is 4.71. The van der Waals surface area contributed by atoms with E-state index < -0.39 is 11.7 Å². The average molecular weight is 290 g/mol. The highest BCUT2D eigenvalue weighted by molar-refractivity contribution is 5.51. The minimum atomic E-state index is -4.31. The molecule has 0 spiro atoms. The zero-order valence-electron chi connectivity index (χ0n) is 11.4. The molecule has 2 rings (SSSR count). The molecule has 0 saturated carbocycles. The van der Waals surface area contributed by atoms with E-state index in [0.717, 1.165) is 23.4 Å². The number of halogens is 3.